The molecule has 0 spiro atoms. The summed E-state index contributed by atoms with van der Waals surface area (Å²) in [5.41, 5.74) is 2.92. The van der Waals surface area contributed by atoms with Crippen molar-refractivity contribution in [2.75, 3.05) is 7.05 Å². The first-order chi connectivity index (χ1) is 7.70. The lowest BCUT2D eigenvalue weighted by Gasteiger charge is -2.05. The Hall–Kier alpha value is -1.81. The van der Waals surface area contributed by atoms with Gasteiger partial charge in [-0.15, -0.1) is 0 Å². The van der Waals surface area contributed by atoms with Gasteiger partial charge in [-0.05, 0) is 44.3 Å². The number of aromatic nitrogens is 2. The van der Waals surface area contributed by atoms with E-state index in [9.17, 15) is 5.11 Å². The van der Waals surface area contributed by atoms with Crippen LogP contribution in [0, 0.1) is 0 Å². The highest BCUT2D eigenvalue weighted by Gasteiger charge is 2.08. The second-order valence-electron chi connectivity index (χ2n) is 3.77. The van der Waals surface area contributed by atoms with Gasteiger partial charge in [0.05, 0.1) is 11.4 Å². The fraction of sp³-hybridized carbons (Fsp3) is 0.250. The van der Waals surface area contributed by atoms with Crippen LogP contribution in [-0.4, -0.2) is 22.4 Å². The van der Waals surface area contributed by atoms with Crippen LogP contribution in [0.5, 0.6) is 5.75 Å². The van der Waals surface area contributed by atoms with Gasteiger partial charge in [0.25, 0.3) is 0 Å². The van der Waals surface area contributed by atoms with Gasteiger partial charge in [-0.2, -0.15) is 5.10 Å². The normalized spacial score (nSPS) is 12.6. The number of aromatic amines is 1. The maximum Gasteiger partial charge on any atom is 0.115 e. The van der Waals surface area contributed by atoms with Crippen LogP contribution in [0.1, 0.15) is 18.7 Å². The molecule has 1 unspecified atom stereocenters. The zero-order valence-electron chi connectivity index (χ0n) is 9.36. The van der Waals surface area contributed by atoms with Gasteiger partial charge in [0.15, 0.2) is 0 Å². The molecule has 84 valence electrons. The third-order valence-corrected chi connectivity index (χ3v) is 2.66. The number of hydrogen-bond acceptors (Lipinski definition) is 3. The Kier molecular flexibility index (Phi) is 2.92. The van der Waals surface area contributed by atoms with E-state index in [-0.39, 0.29) is 11.8 Å². The van der Waals surface area contributed by atoms with Crippen LogP contribution in [-0.2, 0) is 0 Å². The monoisotopic (exact) mass is 217 g/mol. The van der Waals surface area contributed by atoms with Crippen molar-refractivity contribution in [2.24, 2.45) is 0 Å². The van der Waals surface area contributed by atoms with Crippen LogP contribution in [0.2, 0.25) is 0 Å². The van der Waals surface area contributed by atoms with E-state index >= 15 is 0 Å². The molecular formula is C12H15N3O. The van der Waals surface area contributed by atoms with Crippen LogP contribution in [0.25, 0.3) is 11.3 Å². The second-order valence-corrected chi connectivity index (χ2v) is 3.77. The van der Waals surface area contributed by atoms with E-state index in [4.69, 9.17) is 0 Å². The topological polar surface area (TPSA) is 60.9 Å². The molecule has 1 atom stereocenters. The van der Waals surface area contributed by atoms with Gasteiger partial charge in [0, 0.05) is 11.6 Å². The van der Waals surface area contributed by atoms with Crippen molar-refractivity contribution in [1.29, 1.82) is 0 Å². The molecule has 0 amide bonds. The number of nitrogens with one attached hydrogen (secondary N) is 2. The summed E-state index contributed by atoms with van der Waals surface area (Å²) >= 11 is 0. The molecule has 1 aromatic carbocycles. The Morgan fingerprint density at radius 1 is 1.31 bits per heavy atom. The average molecular weight is 217 g/mol. The first kappa shape index (κ1) is 10.7. The maximum atomic E-state index is 9.20. The summed E-state index contributed by atoms with van der Waals surface area (Å²) in [6, 6.07) is 9.26. The van der Waals surface area contributed by atoms with Gasteiger partial charge in [0.1, 0.15) is 5.75 Å². The summed E-state index contributed by atoms with van der Waals surface area (Å²) in [5.74, 6) is 0.267. The van der Waals surface area contributed by atoms with Gasteiger partial charge in [-0.3, -0.25) is 5.10 Å². The number of aromatic hydroxyl groups is 1. The van der Waals surface area contributed by atoms with Gasteiger partial charge in [-0.1, -0.05) is 0 Å². The molecule has 2 rings (SSSR count). The van der Waals surface area contributed by atoms with E-state index in [1.54, 1.807) is 12.1 Å². The Morgan fingerprint density at radius 3 is 2.62 bits per heavy atom. The lowest BCUT2D eigenvalue weighted by molar-refractivity contribution is 0.475. The number of nitrogens with zero attached hydrogens (tertiary/aromatic N) is 1. The maximum absolute atomic E-state index is 9.20. The van der Waals surface area contributed by atoms with Crippen LogP contribution in [0.3, 0.4) is 0 Å². The highest BCUT2D eigenvalue weighted by atomic mass is 16.3. The molecule has 0 aliphatic rings. The van der Waals surface area contributed by atoms with E-state index in [1.807, 2.05) is 25.2 Å². The Bertz CT molecular complexity index is 461. The lowest BCUT2D eigenvalue weighted by atomic mass is 10.1. The van der Waals surface area contributed by atoms with Crippen molar-refractivity contribution in [3.63, 3.8) is 0 Å². The molecule has 1 heterocycles. The van der Waals surface area contributed by atoms with E-state index in [2.05, 4.69) is 22.4 Å². The third kappa shape index (κ3) is 2.06. The van der Waals surface area contributed by atoms with Crippen molar-refractivity contribution in [3.8, 4) is 17.0 Å². The summed E-state index contributed by atoms with van der Waals surface area (Å²) < 4.78 is 0. The minimum Gasteiger partial charge on any atom is -0.508 e. The van der Waals surface area contributed by atoms with E-state index in [0.717, 1.165) is 17.0 Å². The molecule has 0 saturated carbocycles. The number of rotatable bonds is 3. The van der Waals surface area contributed by atoms with Crippen molar-refractivity contribution >= 4 is 0 Å². The molecular weight excluding hydrogens is 202 g/mol. The second kappa shape index (κ2) is 4.37. The number of hydrogen-bond donors (Lipinski definition) is 3. The highest BCUT2D eigenvalue weighted by Crippen LogP contribution is 2.22. The zero-order chi connectivity index (χ0) is 11.5. The minimum absolute atomic E-state index is 0.248. The SMILES string of the molecule is CNC(C)c1cc(-c2ccc(O)cc2)n[nH]1. The average Bonchev–Trinajstić information content (AvgIpc) is 2.78. The first-order valence-electron chi connectivity index (χ1n) is 5.22. The Balaban J connectivity index is 2.28. The van der Waals surface area contributed by atoms with Crippen LogP contribution in [0.4, 0.5) is 0 Å². The lowest BCUT2D eigenvalue weighted by Crippen LogP contribution is -2.12. The molecule has 4 nitrogen and oxygen atoms in total. The molecule has 4 heteroatoms. The molecule has 1 aromatic heterocycles. The summed E-state index contributed by atoms with van der Waals surface area (Å²) in [6.07, 6.45) is 0. The smallest absolute Gasteiger partial charge is 0.115 e. The summed E-state index contributed by atoms with van der Waals surface area (Å²) in [5, 5.41) is 19.6. The van der Waals surface area contributed by atoms with E-state index in [1.165, 1.54) is 0 Å². The van der Waals surface area contributed by atoms with Gasteiger partial charge in [-0.25, -0.2) is 0 Å². The molecule has 0 radical (unpaired) electrons. The predicted molar refractivity (Wildman–Crippen MR) is 63.2 cm³/mol. The molecule has 0 aliphatic carbocycles. The predicted octanol–water partition coefficient (Wildman–Crippen LogP) is 2.06. The summed E-state index contributed by atoms with van der Waals surface area (Å²) in [7, 11) is 1.91. The van der Waals surface area contributed by atoms with Crippen molar-refractivity contribution in [3.05, 3.63) is 36.0 Å². The van der Waals surface area contributed by atoms with Gasteiger partial charge >= 0.3 is 0 Å². The number of H-pyrrole nitrogens is 1. The highest BCUT2D eigenvalue weighted by molar-refractivity contribution is 5.60. The van der Waals surface area contributed by atoms with E-state index < -0.39 is 0 Å². The van der Waals surface area contributed by atoms with Crippen molar-refractivity contribution in [1.82, 2.24) is 15.5 Å². The summed E-state index contributed by atoms with van der Waals surface area (Å²) in [4.78, 5) is 0. The Morgan fingerprint density at radius 2 is 2.00 bits per heavy atom. The molecule has 2 aromatic rings. The molecule has 3 N–H and O–H groups in total. The van der Waals surface area contributed by atoms with Crippen LogP contribution in [0.15, 0.2) is 30.3 Å². The van der Waals surface area contributed by atoms with Gasteiger partial charge < -0.3 is 10.4 Å². The molecule has 0 fully saturated rings. The standard InChI is InChI=1S/C12H15N3O/c1-8(13-2)11-7-12(15-14-11)9-3-5-10(16)6-4-9/h3-8,13,16H,1-2H3,(H,14,15). The number of benzene rings is 1. The molecule has 16 heavy (non-hydrogen) atoms. The number of phenolic OH excluding ortho intramolecular Hbond substituents is 1. The quantitative estimate of drug-likeness (QED) is 0.737. The van der Waals surface area contributed by atoms with Crippen LogP contribution >= 0.6 is 0 Å². The largest absolute Gasteiger partial charge is 0.508 e. The van der Waals surface area contributed by atoms with Crippen LogP contribution < -0.4 is 5.32 Å². The molecule has 0 aliphatic heterocycles. The Labute approximate surface area is 94.3 Å². The summed E-state index contributed by atoms with van der Waals surface area (Å²) in [6.45, 7) is 2.06. The van der Waals surface area contributed by atoms with Crippen molar-refractivity contribution in [2.45, 2.75) is 13.0 Å². The van der Waals surface area contributed by atoms with E-state index in [0.29, 0.717) is 0 Å². The molecule has 0 saturated heterocycles. The van der Waals surface area contributed by atoms with Crippen molar-refractivity contribution < 1.29 is 5.11 Å². The molecule has 0 bridgehead atoms. The minimum atomic E-state index is 0.248. The zero-order valence-corrected chi connectivity index (χ0v) is 9.36. The fourth-order valence-corrected chi connectivity index (χ4v) is 1.49. The van der Waals surface area contributed by atoms with Gasteiger partial charge in [0.2, 0.25) is 0 Å². The fourth-order valence-electron chi connectivity index (χ4n) is 1.49. The first-order valence-corrected chi connectivity index (χ1v) is 5.22. The third-order valence-electron chi connectivity index (χ3n) is 2.66. The number of phenols is 1.